The Morgan fingerprint density at radius 2 is 1.62 bits per heavy atom. The molecule has 0 spiro atoms. The summed E-state index contributed by atoms with van der Waals surface area (Å²) in [6, 6.07) is 18.5. The number of alkyl halides is 3. The molecule has 2 heterocycles. The summed E-state index contributed by atoms with van der Waals surface area (Å²) in [6.45, 7) is 2.01. The zero-order valence-corrected chi connectivity index (χ0v) is 18.4. The summed E-state index contributed by atoms with van der Waals surface area (Å²) < 4.78 is 57.6. The minimum Gasteiger partial charge on any atom is -0.304 e. The van der Waals surface area contributed by atoms with Crippen molar-refractivity contribution in [3.8, 4) is 16.8 Å². The summed E-state index contributed by atoms with van der Waals surface area (Å²) in [5.74, 6) is 0. The SMILES string of the molecule is Cc1ccc(-c2ccc3ncc4[nH]c(=O)n(-c5cccc(C(F)(F)F)c5)c4c3c2)cc1.O=S=O. The number of hydrogen-bond acceptors (Lipinski definition) is 4. The standard InChI is InChI=1S/C24H16F3N3O.O2S/c1-14-5-7-15(8-6-14)16-9-10-20-19(11-16)22-21(13-28-20)29-23(31)30(22)18-4-2-3-17(12-18)24(25,26)27;1-3-2/h2-13H,1H3,(H,29,31);. The third-order valence-corrected chi connectivity index (χ3v) is 5.32. The van der Waals surface area contributed by atoms with Crippen LogP contribution in [0.3, 0.4) is 0 Å². The molecule has 3 aromatic carbocycles. The van der Waals surface area contributed by atoms with Crippen LogP contribution in [0.25, 0.3) is 38.8 Å². The number of fused-ring (bicyclic) bond motifs is 3. The Hall–Kier alpha value is -4.05. The number of imidazole rings is 1. The highest BCUT2D eigenvalue weighted by Crippen LogP contribution is 2.32. The number of halogens is 3. The summed E-state index contributed by atoms with van der Waals surface area (Å²) in [5.41, 5.74) is 3.44. The Labute approximate surface area is 194 Å². The van der Waals surface area contributed by atoms with Crippen molar-refractivity contribution in [1.29, 1.82) is 0 Å². The molecule has 2 aromatic heterocycles. The number of aryl methyl sites for hydroxylation is 1. The first-order valence-electron chi connectivity index (χ1n) is 9.93. The Balaban J connectivity index is 0.000000868. The van der Waals surface area contributed by atoms with Crippen molar-refractivity contribution in [2.24, 2.45) is 0 Å². The van der Waals surface area contributed by atoms with Crippen LogP contribution in [0.2, 0.25) is 0 Å². The predicted octanol–water partition coefficient (Wildman–Crippen LogP) is 5.19. The molecule has 5 aromatic rings. The molecule has 0 saturated heterocycles. The molecule has 10 heteroatoms. The molecule has 0 amide bonds. The number of hydrogen-bond donors (Lipinski definition) is 1. The Kier molecular flexibility index (Phi) is 6.16. The topological polar surface area (TPSA) is 84.8 Å². The number of rotatable bonds is 2. The number of H-pyrrole nitrogens is 1. The monoisotopic (exact) mass is 483 g/mol. The van der Waals surface area contributed by atoms with Crippen molar-refractivity contribution in [2.45, 2.75) is 13.1 Å². The van der Waals surface area contributed by atoms with Crippen molar-refractivity contribution in [2.75, 3.05) is 0 Å². The van der Waals surface area contributed by atoms with Gasteiger partial charge in [0.25, 0.3) is 0 Å². The average molecular weight is 483 g/mol. The number of pyridine rings is 1. The average Bonchev–Trinajstić information content (AvgIpc) is 3.15. The van der Waals surface area contributed by atoms with E-state index in [0.29, 0.717) is 21.9 Å². The minimum atomic E-state index is -4.51. The lowest BCUT2D eigenvalue weighted by molar-refractivity contribution is -0.137. The van der Waals surface area contributed by atoms with Gasteiger partial charge in [-0.3, -0.25) is 9.55 Å². The van der Waals surface area contributed by atoms with Crippen LogP contribution >= 0.6 is 0 Å². The molecule has 172 valence electrons. The largest absolute Gasteiger partial charge is 0.416 e. The molecule has 0 aliphatic heterocycles. The van der Waals surface area contributed by atoms with Gasteiger partial charge in [-0.2, -0.15) is 21.6 Å². The van der Waals surface area contributed by atoms with E-state index in [1.54, 1.807) is 0 Å². The van der Waals surface area contributed by atoms with E-state index in [1.807, 2.05) is 49.4 Å². The fraction of sp³-hybridized carbons (Fsp3) is 0.0833. The summed E-state index contributed by atoms with van der Waals surface area (Å²) in [4.78, 5) is 19.8. The van der Waals surface area contributed by atoms with E-state index in [9.17, 15) is 18.0 Å². The second kappa shape index (κ2) is 9.06. The van der Waals surface area contributed by atoms with Gasteiger partial charge in [0.1, 0.15) is 0 Å². The van der Waals surface area contributed by atoms with Crippen LogP contribution in [0, 0.1) is 6.92 Å². The van der Waals surface area contributed by atoms with Crippen molar-refractivity contribution < 1.29 is 21.6 Å². The van der Waals surface area contributed by atoms with Crippen LogP contribution < -0.4 is 5.69 Å². The summed E-state index contributed by atoms with van der Waals surface area (Å²) in [5, 5.41) is 0.673. The first-order valence-corrected chi connectivity index (χ1v) is 10.6. The molecule has 0 fully saturated rings. The quantitative estimate of drug-likeness (QED) is 0.375. The van der Waals surface area contributed by atoms with Gasteiger partial charge in [0, 0.05) is 5.39 Å². The number of benzene rings is 3. The highest BCUT2D eigenvalue weighted by molar-refractivity contribution is 7.51. The van der Waals surface area contributed by atoms with Gasteiger partial charge in [-0.1, -0.05) is 42.0 Å². The van der Waals surface area contributed by atoms with E-state index >= 15 is 0 Å². The van der Waals surface area contributed by atoms with Crippen LogP contribution in [-0.2, 0) is 17.7 Å². The Morgan fingerprint density at radius 1 is 0.941 bits per heavy atom. The van der Waals surface area contributed by atoms with Gasteiger partial charge >= 0.3 is 23.4 Å². The van der Waals surface area contributed by atoms with Crippen molar-refractivity contribution >= 4 is 33.5 Å². The molecule has 0 atom stereocenters. The molecule has 34 heavy (non-hydrogen) atoms. The molecule has 0 bridgehead atoms. The molecule has 6 nitrogen and oxygen atoms in total. The van der Waals surface area contributed by atoms with Gasteiger partial charge in [-0.25, -0.2) is 4.79 Å². The molecular weight excluding hydrogens is 467 g/mol. The van der Waals surface area contributed by atoms with Gasteiger partial charge in [-0.15, -0.1) is 0 Å². The zero-order chi connectivity index (χ0) is 24.5. The maximum atomic E-state index is 13.2. The first-order chi connectivity index (χ1) is 16.2. The highest BCUT2D eigenvalue weighted by atomic mass is 32.1. The minimum absolute atomic E-state index is 0.138. The lowest BCUT2D eigenvalue weighted by Crippen LogP contribution is -2.15. The van der Waals surface area contributed by atoms with E-state index in [-0.39, 0.29) is 5.69 Å². The van der Waals surface area contributed by atoms with Gasteiger partial charge in [0.2, 0.25) is 0 Å². The van der Waals surface area contributed by atoms with E-state index in [1.165, 1.54) is 22.9 Å². The maximum Gasteiger partial charge on any atom is 0.416 e. The normalized spacial score (nSPS) is 11.3. The van der Waals surface area contributed by atoms with Crippen LogP contribution in [0.15, 0.2) is 77.7 Å². The van der Waals surface area contributed by atoms with Crippen LogP contribution in [-0.4, -0.2) is 23.0 Å². The third kappa shape index (κ3) is 4.40. The maximum absolute atomic E-state index is 13.2. The molecule has 1 N–H and O–H groups in total. The van der Waals surface area contributed by atoms with E-state index < -0.39 is 29.0 Å². The number of aromatic amines is 1. The third-order valence-electron chi connectivity index (χ3n) is 5.32. The highest BCUT2D eigenvalue weighted by Gasteiger charge is 2.30. The fourth-order valence-corrected chi connectivity index (χ4v) is 3.78. The van der Waals surface area contributed by atoms with Gasteiger partial charge in [0.15, 0.2) is 0 Å². The molecule has 0 radical (unpaired) electrons. The van der Waals surface area contributed by atoms with E-state index in [4.69, 9.17) is 8.42 Å². The Morgan fingerprint density at radius 3 is 2.29 bits per heavy atom. The van der Waals surface area contributed by atoms with Crippen LogP contribution in [0.5, 0.6) is 0 Å². The predicted molar refractivity (Wildman–Crippen MR) is 123 cm³/mol. The molecule has 0 aliphatic rings. The lowest BCUT2D eigenvalue weighted by atomic mass is 10.0. The molecule has 0 saturated carbocycles. The number of nitrogens with zero attached hydrogens (tertiary/aromatic N) is 2. The van der Waals surface area contributed by atoms with Gasteiger partial charge < -0.3 is 4.98 Å². The first kappa shape index (κ1) is 23.1. The zero-order valence-electron chi connectivity index (χ0n) is 17.6. The molecule has 5 rings (SSSR count). The summed E-state index contributed by atoms with van der Waals surface area (Å²) in [6.07, 6.45) is -2.98. The van der Waals surface area contributed by atoms with Crippen molar-refractivity contribution in [3.63, 3.8) is 0 Å². The van der Waals surface area contributed by atoms with Gasteiger partial charge in [-0.05, 0) is 48.4 Å². The summed E-state index contributed by atoms with van der Waals surface area (Å²) >= 11 is -0.750. The molecule has 0 aliphatic carbocycles. The number of aromatic nitrogens is 3. The Bertz CT molecular complexity index is 1600. The second-order valence-electron chi connectivity index (χ2n) is 7.50. The molecular formula is C24H16F3N3O3S. The molecule has 0 unspecified atom stereocenters. The van der Waals surface area contributed by atoms with Crippen LogP contribution in [0.4, 0.5) is 13.2 Å². The fourth-order valence-electron chi connectivity index (χ4n) is 3.78. The van der Waals surface area contributed by atoms with Crippen molar-refractivity contribution in [1.82, 2.24) is 14.5 Å². The van der Waals surface area contributed by atoms with E-state index in [2.05, 4.69) is 9.97 Å². The summed E-state index contributed by atoms with van der Waals surface area (Å²) in [7, 11) is 0. The van der Waals surface area contributed by atoms with Crippen molar-refractivity contribution in [3.05, 3.63) is 94.5 Å². The van der Waals surface area contributed by atoms with E-state index in [0.717, 1.165) is 28.8 Å². The smallest absolute Gasteiger partial charge is 0.304 e. The number of nitrogens with one attached hydrogen (secondary N) is 1. The van der Waals surface area contributed by atoms with Gasteiger partial charge in [0.05, 0.1) is 34.0 Å². The second-order valence-corrected chi connectivity index (χ2v) is 7.64. The lowest BCUT2D eigenvalue weighted by Gasteiger charge is -2.11. The van der Waals surface area contributed by atoms with Crippen LogP contribution in [0.1, 0.15) is 11.1 Å².